The molecule has 0 heterocycles. The van der Waals surface area contributed by atoms with Crippen molar-refractivity contribution in [2.75, 3.05) is 18.1 Å². The second-order valence-electron chi connectivity index (χ2n) is 6.40. The van der Waals surface area contributed by atoms with Gasteiger partial charge in [0.25, 0.3) is 0 Å². The van der Waals surface area contributed by atoms with Crippen LogP contribution in [0.3, 0.4) is 0 Å². The van der Waals surface area contributed by atoms with E-state index in [1.54, 1.807) is 12.1 Å². The molecule has 4 nitrogen and oxygen atoms in total. The third-order valence-corrected chi connectivity index (χ3v) is 4.25. The smallest absolute Gasteiger partial charge is 0.338 e. The summed E-state index contributed by atoms with van der Waals surface area (Å²) in [5, 5.41) is 0. The van der Waals surface area contributed by atoms with E-state index in [2.05, 4.69) is 27.7 Å². The first kappa shape index (κ1) is 17.3. The van der Waals surface area contributed by atoms with E-state index in [0.717, 1.165) is 18.4 Å². The third-order valence-electron chi connectivity index (χ3n) is 4.25. The van der Waals surface area contributed by atoms with Gasteiger partial charge >= 0.3 is 5.97 Å². The molecule has 21 heavy (non-hydrogen) atoms. The first-order valence-corrected chi connectivity index (χ1v) is 7.58. The SMILES string of the molecule is CCCCOC(=O)c1cc(N)c(C(C)(C)C(C)C)c(N)c1. The lowest BCUT2D eigenvalue weighted by Crippen LogP contribution is -2.27. The lowest BCUT2D eigenvalue weighted by Gasteiger charge is -2.32. The van der Waals surface area contributed by atoms with Crippen LogP contribution in [0.1, 0.15) is 63.4 Å². The lowest BCUT2D eigenvalue weighted by atomic mass is 9.73. The molecule has 0 radical (unpaired) electrons. The molecule has 1 aromatic carbocycles. The van der Waals surface area contributed by atoms with E-state index in [4.69, 9.17) is 16.2 Å². The first-order chi connectivity index (χ1) is 9.71. The number of rotatable bonds is 6. The molecule has 118 valence electrons. The Labute approximate surface area is 127 Å². The van der Waals surface area contributed by atoms with Crippen molar-refractivity contribution in [2.45, 2.75) is 52.9 Å². The summed E-state index contributed by atoms with van der Waals surface area (Å²) in [5.41, 5.74) is 14.6. The van der Waals surface area contributed by atoms with E-state index in [9.17, 15) is 4.79 Å². The Morgan fingerprint density at radius 1 is 1.24 bits per heavy atom. The number of anilines is 2. The number of carbonyl (C=O) groups excluding carboxylic acids is 1. The van der Waals surface area contributed by atoms with Gasteiger partial charge in [-0.2, -0.15) is 0 Å². The summed E-state index contributed by atoms with van der Waals surface area (Å²) in [4.78, 5) is 12.0. The summed E-state index contributed by atoms with van der Waals surface area (Å²) >= 11 is 0. The highest BCUT2D eigenvalue weighted by molar-refractivity contribution is 5.92. The number of benzene rings is 1. The van der Waals surface area contributed by atoms with Crippen LogP contribution in [0.25, 0.3) is 0 Å². The van der Waals surface area contributed by atoms with E-state index in [-0.39, 0.29) is 11.4 Å². The molecular weight excluding hydrogens is 264 g/mol. The maximum absolute atomic E-state index is 12.0. The second-order valence-corrected chi connectivity index (χ2v) is 6.40. The number of hydrogen-bond donors (Lipinski definition) is 2. The average molecular weight is 292 g/mol. The number of nitrogens with two attached hydrogens (primary N) is 2. The van der Waals surface area contributed by atoms with E-state index in [0.29, 0.717) is 29.5 Å². The standard InChI is InChI=1S/C17H28N2O2/c1-6-7-8-21-16(20)12-9-13(18)15(14(19)10-12)17(4,5)11(2)3/h9-11H,6-8,18-19H2,1-5H3. The molecule has 0 bridgehead atoms. The molecule has 4 heteroatoms. The predicted molar refractivity (Wildman–Crippen MR) is 88.3 cm³/mol. The van der Waals surface area contributed by atoms with Crippen LogP contribution in [0.5, 0.6) is 0 Å². The van der Waals surface area contributed by atoms with Crippen molar-refractivity contribution < 1.29 is 9.53 Å². The maximum Gasteiger partial charge on any atom is 0.338 e. The fraction of sp³-hybridized carbons (Fsp3) is 0.588. The van der Waals surface area contributed by atoms with E-state index in [1.807, 2.05) is 6.92 Å². The molecule has 1 rings (SSSR count). The zero-order chi connectivity index (χ0) is 16.2. The topological polar surface area (TPSA) is 78.3 Å². The van der Waals surface area contributed by atoms with Crippen molar-refractivity contribution >= 4 is 17.3 Å². The van der Waals surface area contributed by atoms with E-state index < -0.39 is 0 Å². The Hall–Kier alpha value is -1.71. The molecule has 0 fully saturated rings. The Kier molecular flexibility index (Phi) is 5.64. The molecule has 0 amide bonds. The molecule has 0 saturated carbocycles. The van der Waals surface area contributed by atoms with E-state index >= 15 is 0 Å². The van der Waals surface area contributed by atoms with Crippen LogP contribution in [0.4, 0.5) is 11.4 Å². The molecule has 0 saturated heterocycles. The van der Waals surface area contributed by atoms with Gasteiger partial charge in [0, 0.05) is 16.9 Å². The zero-order valence-electron chi connectivity index (χ0n) is 13.8. The lowest BCUT2D eigenvalue weighted by molar-refractivity contribution is 0.0500. The fourth-order valence-electron chi connectivity index (χ4n) is 2.23. The fourth-order valence-corrected chi connectivity index (χ4v) is 2.23. The average Bonchev–Trinajstić information content (AvgIpc) is 2.37. The third kappa shape index (κ3) is 3.90. The molecule has 0 unspecified atom stereocenters. The Balaban J connectivity index is 3.08. The van der Waals surface area contributed by atoms with Gasteiger partial charge in [-0.3, -0.25) is 0 Å². The minimum absolute atomic E-state index is 0.154. The second kappa shape index (κ2) is 6.83. The van der Waals surface area contributed by atoms with Crippen LogP contribution < -0.4 is 11.5 Å². The zero-order valence-corrected chi connectivity index (χ0v) is 13.8. The monoisotopic (exact) mass is 292 g/mol. The maximum atomic E-state index is 12.0. The number of carbonyl (C=O) groups is 1. The molecule has 0 aromatic heterocycles. The summed E-state index contributed by atoms with van der Waals surface area (Å²) in [6.07, 6.45) is 1.84. The quantitative estimate of drug-likeness (QED) is 0.475. The largest absolute Gasteiger partial charge is 0.462 e. The number of nitrogen functional groups attached to an aromatic ring is 2. The van der Waals surface area contributed by atoms with Gasteiger partial charge in [-0.05, 0) is 29.9 Å². The van der Waals surface area contributed by atoms with Gasteiger partial charge in [-0.1, -0.05) is 41.0 Å². The van der Waals surface area contributed by atoms with Crippen molar-refractivity contribution in [2.24, 2.45) is 5.92 Å². The summed E-state index contributed by atoms with van der Waals surface area (Å²) < 4.78 is 5.20. The van der Waals surface area contributed by atoms with Gasteiger partial charge in [0.2, 0.25) is 0 Å². The van der Waals surface area contributed by atoms with E-state index in [1.165, 1.54) is 0 Å². The van der Waals surface area contributed by atoms with Crippen molar-refractivity contribution in [3.05, 3.63) is 23.3 Å². The highest BCUT2D eigenvalue weighted by Crippen LogP contribution is 2.39. The summed E-state index contributed by atoms with van der Waals surface area (Å²) in [5.74, 6) is 0.0141. The molecule has 1 aromatic rings. The number of unbranched alkanes of at least 4 members (excludes halogenated alkanes) is 1. The molecule has 0 aliphatic heterocycles. The van der Waals surface area contributed by atoms with Gasteiger partial charge < -0.3 is 16.2 Å². The number of ether oxygens (including phenoxy) is 1. The van der Waals surface area contributed by atoms with Crippen molar-refractivity contribution in [1.82, 2.24) is 0 Å². The normalized spacial score (nSPS) is 11.7. The van der Waals surface area contributed by atoms with Gasteiger partial charge in [-0.25, -0.2) is 4.79 Å². The van der Waals surface area contributed by atoms with Crippen LogP contribution in [-0.2, 0) is 10.2 Å². The first-order valence-electron chi connectivity index (χ1n) is 7.58. The number of hydrogen-bond acceptors (Lipinski definition) is 4. The molecule has 4 N–H and O–H groups in total. The van der Waals surface area contributed by atoms with Gasteiger partial charge in [-0.15, -0.1) is 0 Å². The minimum Gasteiger partial charge on any atom is -0.462 e. The highest BCUT2D eigenvalue weighted by atomic mass is 16.5. The van der Waals surface area contributed by atoms with Crippen molar-refractivity contribution in [3.63, 3.8) is 0 Å². The highest BCUT2D eigenvalue weighted by Gasteiger charge is 2.29. The molecule has 0 aliphatic carbocycles. The summed E-state index contributed by atoms with van der Waals surface area (Å²) in [6.45, 7) is 11.0. The van der Waals surface area contributed by atoms with Crippen molar-refractivity contribution in [1.29, 1.82) is 0 Å². The Morgan fingerprint density at radius 3 is 2.19 bits per heavy atom. The molecular formula is C17H28N2O2. The van der Waals surface area contributed by atoms with Crippen LogP contribution in [0, 0.1) is 5.92 Å². The minimum atomic E-state index is -0.365. The van der Waals surface area contributed by atoms with Gasteiger partial charge in [0.1, 0.15) is 0 Å². The van der Waals surface area contributed by atoms with Crippen LogP contribution in [0.15, 0.2) is 12.1 Å². The van der Waals surface area contributed by atoms with Crippen molar-refractivity contribution in [3.8, 4) is 0 Å². The summed E-state index contributed by atoms with van der Waals surface area (Å²) in [6, 6.07) is 3.34. The number of esters is 1. The Bertz CT molecular complexity index is 485. The molecule has 0 spiro atoms. The summed E-state index contributed by atoms with van der Waals surface area (Å²) in [7, 11) is 0. The Morgan fingerprint density at radius 2 is 1.76 bits per heavy atom. The molecule has 0 atom stereocenters. The van der Waals surface area contributed by atoms with Crippen LogP contribution in [0.2, 0.25) is 0 Å². The van der Waals surface area contributed by atoms with Crippen LogP contribution in [-0.4, -0.2) is 12.6 Å². The molecule has 0 aliphatic rings. The predicted octanol–water partition coefficient (Wildman–Crippen LogP) is 3.74. The van der Waals surface area contributed by atoms with Gasteiger partial charge in [0.15, 0.2) is 0 Å². The van der Waals surface area contributed by atoms with Gasteiger partial charge in [0.05, 0.1) is 12.2 Å². The van der Waals surface area contributed by atoms with Crippen LogP contribution >= 0.6 is 0 Å².